The number of hydrogen-bond donors (Lipinski definition) is 1. The second kappa shape index (κ2) is 31.9. The highest BCUT2D eigenvalue weighted by Crippen LogP contribution is 2.65. The predicted molar refractivity (Wildman–Crippen MR) is 540 cm³/mol. The number of hydrogen-bond acceptors (Lipinski definition) is 6. The van der Waals surface area contributed by atoms with E-state index in [1.165, 1.54) is 214 Å². The number of benzene rings is 10. The summed E-state index contributed by atoms with van der Waals surface area (Å²) in [5.74, 6) is 0. The van der Waals surface area contributed by atoms with Crippen LogP contribution in [0.5, 0.6) is 0 Å². The molecule has 6 aliphatic rings. The molecule has 4 nitrogen and oxygen atoms in total. The van der Waals surface area contributed by atoms with E-state index in [4.69, 9.17) is 17.3 Å². The molecule has 4 aliphatic carbocycles. The molecule has 8 heteroatoms. The van der Waals surface area contributed by atoms with Gasteiger partial charge in [-0.25, -0.2) is 0 Å². The largest absolute Gasteiger partial charge is 0.398 e. The summed E-state index contributed by atoms with van der Waals surface area (Å²) in [7, 11) is 0. The molecular weight excluding hydrogens is 1600 g/mol. The van der Waals surface area contributed by atoms with Crippen LogP contribution in [0.15, 0.2) is 209 Å². The molecule has 2 aromatic heterocycles. The van der Waals surface area contributed by atoms with Crippen molar-refractivity contribution in [2.45, 2.75) is 322 Å². The van der Waals surface area contributed by atoms with Crippen molar-refractivity contribution < 1.29 is 0 Å². The topological polar surface area (TPSA) is 35.7 Å². The van der Waals surface area contributed by atoms with E-state index in [1.54, 1.807) is 11.1 Å². The third-order valence-electron chi connectivity index (χ3n) is 30.2. The number of rotatable bonds is 7. The Bertz CT molecular complexity index is 5920. The van der Waals surface area contributed by atoms with Gasteiger partial charge in [-0.3, -0.25) is 0 Å². The molecule has 12 aromatic rings. The zero-order chi connectivity index (χ0) is 88.0. The molecule has 122 heavy (non-hydrogen) atoms. The zero-order valence-corrected chi connectivity index (χ0v) is 82.6. The first-order chi connectivity index (χ1) is 57.0. The van der Waals surface area contributed by atoms with Gasteiger partial charge in [0.15, 0.2) is 0 Å². The quantitative estimate of drug-likeness (QED) is 0.161. The number of nitrogen functional groups attached to an aromatic ring is 1. The molecule has 4 atom stereocenters. The smallest absolute Gasteiger partial charge is 0.0647 e. The van der Waals surface area contributed by atoms with Gasteiger partial charge in [-0.1, -0.05) is 287 Å². The number of halogens is 2. The van der Waals surface area contributed by atoms with Crippen LogP contribution in [0.1, 0.15) is 310 Å². The van der Waals surface area contributed by atoms with Gasteiger partial charge in [-0.2, -0.15) is 0 Å². The number of fused-ring (bicyclic) bond motifs is 10. The highest BCUT2D eigenvalue weighted by Gasteiger charge is 2.60. The normalized spacial score (nSPS) is 21.6. The summed E-state index contributed by atoms with van der Waals surface area (Å²) in [6.07, 6.45) is 15.0. The maximum atomic E-state index is 6.47. The summed E-state index contributed by atoms with van der Waals surface area (Å²) in [6, 6.07) is 73.5. The predicted octanol–water partition coefficient (Wildman–Crippen LogP) is 35.0. The minimum atomic E-state index is -0.0456. The monoisotopic (exact) mass is 1740 g/mol. The maximum absolute atomic E-state index is 6.47. The van der Waals surface area contributed by atoms with E-state index in [0.29, 0.717) is 10.8 Å². The summed E-state index contributed by atoms with van der Waals surface area (Å²) in [5.41, 5.74) is 39.4. The Hall–Kier alpha value is -7.91. The van der Waals surface area contributed by atoms with Crippen molar-refractivity contribution in [1.29, 1.82) is 0 Å². The van der Waals surface area contributed by atoms with E-state index in [0.717, 1.165) is 16.3 Å². The minimum Gasteiger partial charge on any atom is -0.398 e. The molecule has 0 bridgehead atoms. The van der Waals surface area contributed by atoms with Gasteiger partial charge in [0.25, 0.3) is 0 Å². The molecule has 10 aromatic carbocycles. The van der Waals surface area contributed by atoms with Crippen LogP contribution in [-0.4, -0.2) is 11.1 Å². The van der Waals surface area contributed by atoms with Crippen molar-refractivity contribution in [2.24, 2.45) is 0 Å². The van der Waals surface area contributed by atoms with E-state index in [9.17, 15) is 0 Å². The summed E-state index contributed by atoms with van der Waals surface area (Å²) >= 11 is 13.9. The Kier molecular flexibility index (Phi) is 23.2. The van der Waals surface area contributed by atoms with Crippen LogP contribution in [-0.2, 0) is 54.1 Å². The first-order valence-corrected chi connectivity index (χ1v) is 48.4. The summed E-state index contributed by atoms with van der Waals surface area (Å²) in [4.78, 5) is 8.00. The fraction of sp³-hybridized carbons (Fsp3) is 0.439. The van der Waals surface area contributed by atoms with Gasteiger partial charge in [-0.05, 0) is 313 Å². The highest BCUT2D eigenvalue weighted by molar-refractivity contribution is 9.10. The van der Waals surface area contributed by atoms with Gasteiger partial charge in [0.2, 0.25) is 0 Å². The van der Waals surface area contributed by atoms with Crippen molar-refractivity contribution >= 4 is 116 Å². The minimum absolute atomic E-state index is 0.00795. The standard InChI is InChI=1S/C57H68N2S.C25H32ClN.C16H19BrS.C16H19N/c1-37-29-41(33-42(30-37)59-49-24-22-40(53(5,6)7)32-47(49)56(12)25-17-18-26-57(56,59)13)58(48-23-21-39(52(2,3)4)31-43(48)38-19-15-14-16-20-38)50-36-60-51-35-46-45(34-44(50)51)54(8,9)27-28-55(46,10)11;1-17-13-19(26)16-20(14-17)27-22-10-9-18(23(2,3)4)15-21(22)24(5)11-7-8-12-25(24,27)6;1-15(2)5-6-16(3,4)12-8-14-10(7-11(12)15)13(17)9-18-14;1-16(2,3)13-9-10-15(17)14(11-13)12-7-5-4-6-8-12/h14-16,19-24,29-36H,17-18,25-28H2,1-13H3;9-10,13-16H,7-8,11-12H2,1-6H3;7-9H,5-6H2,1-4H3;4-11H,17H2,1-3H3. The lowest BCUT2D eigenvalue weighted by molar-refractivity contribution is 0.194. The van der Waals surface area contributed by atoms with E-state index in [-0.39, 0.29) is 54.4 Å². The second-order valence-corrected chi connectivity index (χ2v) is 48.0. The molecule has 640 valence electrons. The third-order valence-corrected chi connectivity index (χ3v) is 33.3. The summed E-state index contributed by atoms with van der Waals surface area (Å²) in [5, 5.41) is 8.20. The number of thiophene rings is 2. The molecule has 2 N–H and O–H groups in total. The average Bonchev–Trinajstić information content (AvgIpc) is 1.53. The van der Waals surface area contributed by atoms with Gasteiger partial charge in [0, 0.05) is 96.5 Å². The Morgan fingerprint density at radius 2 is 0.754 bits per heavy atom. The van der Waals surface area contributed by atoms with Crippen LogP contribution in [0.2, 0.25) is 5.02 Å². The van der Waals surface area contributed by atoms with Crippen LogP contribution in [0.4, 0.5) is 45.5 Å². The summed E-state index contributed by atoms with van der Waals surface area (Å²) < 4.78 is 4.02. The van der Waals surface area contributed by atoms with E-state index in [1.807, 2.05) is 53.0 Å². The average molecular weight is 1740 g/mol. The zero-order valence-electron chi connectivity index (χ0n) is 78.6. The molecule has 0 radical (unpaired) electrons. The molecule has 18 rings (SSSR count). The van der Waals surface area contributed by atoms with E-state index < -0.39 is 0 Å². The molecule has 4 heterocycles. The van der Waals surface area contributed by atoms with Crippen LogP contribution < -0.4 is 20.4 Å². The lowest BCUT2D eigenvalue weighted by Crippen LogP contribution is -2.54. The maximum Gasteiger partial charge on any atom is 0.0647 e. The Balaban J connectivity index is 0.000000151. The number of aryl methyl sites for hydroxylation is 2. The molecule has 0 saturated heterocycles. The van der Waals surface area contributed by atoms with Crippen molar-refractivity contribution in [1.82, 2.24) is 0 Å². The SMILES string of the molecule is CC(C)(C)c1ccc(N)c(-c2ccccc2)c1.CC1(C)CCC(C)(C)c2cc3c(Br)csc3cc21.Cc1cc(Cl)cc(N2c3ccc(C(C)(C)C)cc3C3(C)CCCCC23C)c1.Cc1cc(N(c2ccc(C(C)(C)C)cc2-c2ccccc2)c2csc3cc4c(cc23)C(C)(C)CCC4(C)C)cc(N2c3ccc(C(C)(C)C)cc3C3(C)CCCCC23C)c1. The van der Waals surface area contributed by atoms with Crippen molar-refractivity contribution in [3.05, 3.63) is 281 Å². The van der Waals surface area contributed by atoms with Crippen molar-refractivity contribution in [2.75, 3.05) is 20.4 Å². The van der Waals surface area contributed by atoms with Crippen molar-refractivity contribution in [3.63, 3.8) is 0 Å². The first-order valence-electron chi connectivity index (χ1n) is 45.5. The van der Waals surface area contributed by atoms with Gasteiger partial charge in [-0.15, -0.1) is 22.7 Å². The highest BCUT2D eigenvalue weighted by atomic mass is 79.9. The molecule has 0 spiro atoms. The van der Waals surface area contributed by atoms with Crippen LogP contribution >= 0.6 is 50.2 Å². The van der Waals surface area contributed by atoms with Gasteiger partial charge in [0.05, 0.1) is 22.5 Å². The molecular formula is C114H138BrClN4S2. The van der Waals surface area contributed by atoms with Crippen LogP contribution in [0, 0.1) is 13.8 Å². The van der Waals surface area contributed by atoms with Gasteiger partial charge in [0.1, 0.15) is 0 Å². The Morgan fingerprint density at radius 3 is 1.22 bits per heavy atom. The first kappa shape index (κ1) is 88.9. The third kappa shape index (κ3) is 16.2. The lowest BCUT2D eigenvalue weighted by Gasteiger charge is -2.50. The number of nitrogens with two attached hydrogens (primary N) is 1. The molecule has 2 fully saturated rings. The number of anilines is 8. The van der Waals surface area contributed by atoms with Crippen LogP contribution in [0.25, 0.3) is 42.4 Å². The van der Waals surface area contributed by atoms with E-state index >= 15 is 0 Å². The lowest BCUT2D eigenvalue weighted by atomic mass is 9.61. The molecule has 0 amide bonds. The Labute approximate surface area is 756 Å². The fourth-order valence-electron chi connectivity index (χ4n) is 21.7. The fourth-order valence-corrected chi connectivity index (χ4v) is 24.5. The number of nitrogens with zero attached hydrogens (tertiary/aromatic N) is 3. The van der Waals surface area contributed by atoms with Gasteiger partial charge >= 0.3 is 0 Å². The Morgan fingerprint density at radius 1 is 0.369 bits per heavy atom. The van der Waals surface area contributed by atoms with Gasteiger partial charge < -0.3 is 20.4 Å². The van der Waals surface area contributed by atoms with Crippen LogP contribution in [0.3, 0.4) is 0 Å². The van der Waals surface area contributed by atoms with Crippen molar-refractivity contribution in [3.8, 4) is 22.3 Å². The molecule has 4 unspecified atom stereocenters. The molecule has 2 saturated carbocycles. The molecule has 2 aliphatic heterocycles. The second-order valence-electron chi connectivity index (χ2n) is 44.9. The summed E-state index contributed by atoms with van der Waals surface area (Å²) in [6.45, 7) is 61.5. The van der Waals surface area contributed by atoms with E-state index in [2.05, 4.69) is 385 Å².